The van der Waals surface area contributed by atoms with Crippen LogP contribution in [0.2, 0.25) is 5.02 Å². The average molecular weight is 408 g/mol. The smallest absolute Gasteiger partial charge is 0.264 e. The summed E-state index contributed by atoms with van der Waals surface area (Å²) in [6.45, 7) is 0.298. The molecule has 146 valence electrons. The Labute approximate surface area is 173 Å². The quantitative estimate of drug-likeness (QED) is 0.652. The minimum atomic E-state index is -0.365. The molecular formula is C22H18ClN3O3. The molecule has 0 N–H and O–H groups in total. The average Bonchev–Trinajstić information content (AvgIpc) is 2.84. The third kappa shape index (κ3) is 3.93. The molecule has 4 rings (SSSR count). The minimum absolute atomic E-state index is 0.146. The first-order valence-corrected chi connectivity index (χ1v) is 9.43. The number of hydrogen-bond donors (Lipinski definition) is 0. The molecule has 0 bridgehead atoms. The van der Waals surface area contributed by atoms with E-state index in [1.807, 2.05) is 30.3 Å². The van der Waals surface area contributed by atoms with E-state index in [2.05, 4.69) is 4.98 Å². The second kappa shape index (κ2) is 7.93. The molecule has 0 saturated carbocycles. The monoisotopic (exact) mass is 407 g/mol. The Hall–Kier alpha value is -3.38. The number of pyridine rings is 1. The van der Waals surface area contributed by atoms with Crippen molar-refractivity contribution in [1.29, 1.82) is 0 Å². The van der Waals surface area contributed by atoms with E-state index in [9.17, 15) is 9.59 Å². The summed E-state index contributed by atoms with van der Waals surface area (Å²) in [4.78, 5) is 33.3. The maximum absolute atomic E-state index is 13.2. The van der Waals surface area contributed by atoms with E-state index in [1.165, 1.54) is 4.90 Å². The van der Waals surface area contributed by atoms with Gasteiger partial charge in [-0.3, -0.25) is 14.5 Å². The van der Waals surface area contributed by atoms with Gasteiger partial charge in [-0.25, -0.2) is 4.98 Å². The molecule has 29 heavy (non-hydrogen) atoms. The molecule has 6 nitrogen and oxygen atoms in total. The number of benzene rings is 2. The lowest BCUT2D eigenvalue weighted by molar-refractivity contribution is -0.128. The number of halogens is 1. The van der Waals surface area contributed by atoms with Gasteiger partial charge < -0.3 is 9.64 Å². The highest BCUT2D eigenvalue weighted by atomic mass is 35.5. The van der Waals surface area contributed by atoms with Gasteiger partial charge in [0, 0.05) is 24.8 Å². The Balaban J connectivity index is 1.65. The second-order valence-electron chi connectivity index (χ2n) is 6.70. The first kappa shape index (κ1) is 19.0. The Morgan fingerprint density at radius 2 is 1.93 bits per heavy atom. The van der Waals surface area contributed by atoms with Crippen LogP contribution in [0.25, 0.3) is 0 Å². The molecule has 0 unspecified atom stereocenters. The van der Waals surface area contributed by atoms with Gasteiger partial charge in [-0.2, -0.15) is 0 Å². The largest absolute Gasteiger partial charge is 0.436 e. The molecule has 2 amide bonds. The van der Waals surface area contributed by atoms with E-state index in [1.54, 1.807) is 48.5 Å². The molecule has 0 spiro atoms. The zero-order valence-electron chi connectivity index (χ0n) is 15.7. The summed E-state index contributed by atoms with van der Waals surface area (Å²) in [5, 5.41) is 0.439. The molecule has 0 atom stereocenters. The summed E-state index contributed by atoms with van der Waals surface area (Å²) < 4.78 is 5.84. The predicted molar refractivity (Wildman–Crippen MR) is 110 cm³/mol. The lowest BCUT2D eigenvalue weighted by Gasteiger charge is -2.25. The van der Waals surface area contributed by atoms with Crippen LogP contribution in [0.1, 0.15) is 15.9 Å². The number of amides is 2. The molecule has 3 aromatic rings. The lowest BCUT2D eigenvalue weighted by Crippen LogP contribution is -2.41. The van der Waals surface area contributed by atoms with Gasteiger partial charge in [0.25, 0.3) is 5.91 Å². The van der Waals surface area contributed by atoms with E-state index < -0.39 is 0 Å². The number of likely N-dealkylation sites (N-methyl/N-ethyl adjacent to an activating group) is 1. The van der Waals surface area contributed by atoms with Gasteiger partial charge in [0.05, 0.1) is 5.69 Å². The molecule has 2 aromatic carbocycles. The number of ether oxygens (including phenoxy) is 1. The van der Waals surface area contributed by atoms with Crippen molar-refractivity contribution in [3.63, 3.8) is 0 Å². The van der Waals surface area contributed by atoms with Crippen molar-refractivity contribution in [2.24, 2.45) is 0 Å². The third-order valence-electron chi connectivity index (χ3n) is 4.65. The highest BCUT2D eigenvalue weighted by Gasteiger charge is 2.31. The van der Waals surface area contributed by atoms with E-state index in [0.717, 1.165) is 5.56 Å². The SMILES string of the molecule is CN(Cc1ccccc1)C(=O)CN1C(=O)c2cccnc2Oc2ccc(Cl)cc21. The van der Waals surface area contributed by atoms with Crippen LogP contribution in [0, 0.1) is 0 Å². The second-order valence-corrected chi connectivity index (χ2v) is 7.13. The van der Waals surface area contributed by atoms with Gasteiger partial charge in [0.15, 0.2) is 5.75 Å². The number of aromatic nitrogens is 1. The fourth-order valence-electron chi connectivity index (χ4n) is 3.14. The molecule has 0 fully saturated rings. The van der Waals surface area contributed by atoms with Crippen molar-refractivity contribution < 1.29 is 14.3 Å². The minimum Gasteiger partial charge on any atom is -0.436 e. The normalized spacial score (nSPS) is 12.5. The van der Waals surface area contributed by atoms with Crippen LogP contribution in [0.3, 0.4) is 0 Å². The van der Waals surface area contributed by atoms with Crippen molar-refractivity contribution in [3.05, 3.63) is 83.0 Å². The van der Waals surface area contributed by atoms with Gasteiger partial charge in [-0.05, 0) is 35.9 Å². The van der Waals surface area contributed by atoms with Crippen molar-refractivity contribution >= 4 is 29.1 Å². The highest BCUT2D eigenvalue weighted by molar-refractivity contribution is 6.31. The van der Waals surface area contributed by atoms with Gasteiger partial charge in [-0.1, -0.05) is 41.9 Å². The molecular weight excluding hydrogens is 390 g/mol. The number of carbonyl (C=O) groups is 2. The number of nitrogens with zero attached hydrogens (tertiary/aromatic N) is 3. The summed E-state index contributed by atoms with van der Waals surface area (Å²) in [7, 11) is 1.71. The molecule has 1 aliphatic rings. The Morgan fingerprint density at radius 3 is 2.72 bits per heavy atom. The molecule has 1 aliphatic heterocycles. The number of fused-ring (bicyclic) bond motifs is 2. The molecule has 1 aromatic heterocycles. The summed E-state index contributed by atoms with van der Waals surface area (Å²) in [6, 6.07) is 17.9. The summed E-state index contributed by atoms with van der Waals surface area (Å²) in [5.74, 6) is 0.0448. The summed E-state index contributed by atoms with van der Waals surface area (Å²) in [5.41, 5.74) is 1.73. The molecule has 7 heteroatoms. The molecule has 2 heterocycles. The van der Waals surface area contributed by atoms with Crippen LogP contribution in [-0.4, -0.2) is 35.3 Å². The molecule has 0 radical (unpaired) electrons. The van der Waals surface area contributed by atoms with Crippen molar-refractivity contribution in [2.45, 2.75) is 6.54 Å². The Bertz CT molecular complexity index is 1070. The number of hydrogen-bond acceptors (Lipinski definition) is 4. The summed E-state index contributed by atoms with van der Waals surface area (Å²) in [6.07, 6.45) is 1.55. The van der Waals surface area contributed by atoms with Crippen LogP contribution in [0.4, 0.5) is 5.69 Å². The zero-order valence-corrected chi connectivity index (χ0v) is 16.5. The maximum atomic E-state index is 13.2. The lowest BCUT2D eigenvalue weighted by atomic mass is 10.2. The van der Waals surface area contributed by atoms with Crippen molar-refractivity contribution in [3.8, 4) is 11.6 Å². The standard InChI is InChI=1S/C22H18ClN3O3/c1-25(13-15-6-3-2-4-7-15)20(27)14-26-18-12-16(23)9-10-19(18)29-21-17(22(26)28)8-5-11-24-21/h2-12H,13-14H2,1H3. The highest BCUT2D eigenvalue weighted by Crippen LogP contribution is 2.39. The number of anilines is 1. The van der Waals surface area contributed by atoms with Crippen LogP contribution < -0.4 is 9.64 Å². The first-order chi connectivity index (χ1) is 14.0. The first-order valence-electron chi connectivity index (χ1n) is 9.05. The van der Waals surface area contributed by atoms with Gasteiger partial charge in [-0.15, -0.1) is 0 Å². The van der Waals surface area contributed by atoms with Crippen LogP contribution >= 0.6 is 11.6 Å². The zero-order chi connectivity index (χ0) is 20.4. The fraction of sp³-hybridized carbons (Fsp3) is 0.136. The van der Waals surface area contributed by atoms with E-state index >= 15 is 0 Å². The van der Waals surface area contributed by atoms with Crippen LogP contribution in [-0.2, 0) is 11.3 Å². The van der Waals surface area contributed by atoms with Gasteiger partial charge in [0.1, 0.15) is 12.1 Å². The number of carbonyl (C=O) groups excluding carboxylic acids is 2. The fourth-order valence-corrected chi connectivity index (χ4v) is 3.31. The van der Waals surface area contributed by atoms with E-state index in [0.29, 0.717) is 28.6 Å². The predicted octanol–water partition coefficient (Wildman–Crippen LogP) is 4.15. The topological polar surface area (TPSA) is 62.7 Å². The van der Waals surface area contributed by atoms with Gasteiger partial charge >= 0.3 is 0 Å². The molecule has 0 aliphatic carbocycles. The third-order valence-corrected chi connectivity index (χ3v) is 4.88. The van der Waals surface area contributed by atoms with E-state index in [4.69, 9.17) is 16.3 Å². The van der Waals surface area contributed by atoms with E-state index in [-0.39, 0.29) is 24.2 Å². The summed E-state index contributed by atoms with van der Waals surface area (Å²) >= 11 is 6.16. The van der Waals surface area contributed by atoms with Crippen molar-refractivity contribution in [1.82, 2.24) is 9.88 Å². The van der Waals surface area contributed by atoms with Gasteiger partial charge in [0.2, 0.25) is 11.8 Å². The number of rotatable bonds is 4. The Kier molecular flexibility index (Phi) is 5.18. The van der Waals surface area contributed by atoms with Crippen LogP contribution in [0.5, 0.6) is 11.6 Å². The Morgan fingerprint density at radius 1 is 1.14 bits per heavy atom. The van der Waals surface area contributed by atoms with Crippen molar-refractivity contribution in [2.75, 3.05) is 18.5 Å². The van der Waals surface area contributed by atoms with Crippen LogP contribution in [0.15, 0.2) is 66.9 Å². The molecule has 0 saturated heterocycles. The maximum Gasteiger partial charge on any atom is 0.264 e.